The summed E-state index contributed by atoms with van der Waals surface area (Å²) in [5, 5.41) is 9.73. The van der Waals surface area contributed by atoms with Crippen molar-refractivity contribution in [3.8, 4) is 22.8 Å². The van der Waals surface area contributed by atoms with Crippen molar-refractivity contribution < 1.29 is 23.8 Å². The SMILES string of the molecule is CCN(CC)Cc1cc([C@H]2CCc3ccc(C(C4CC4)[C@H](C)C(=O)O)cc3O2)ccc1-c1cc(OC)ncc1F. The molecule has 1 saturated carbocycles. The van der Waals surface area contributed by atoms with Crippen molar-refractivity contribution in [2.75, 3.05) is 20.2 Å². The van der Waals surface area contributed by atoms with Gasteiger partial charge in [-0.05, 0) is 84.5 Å². The highest BCUT2D eigenvalue weighted by molar-refractivity contribution is 5.71. The number of aryl methyl sites for hydroxylation is 1. The molecule has 3 aromatic rings. The van der Waals surface area contributed by atoms with E-state index in [0.717, 1.165) is 72.3 Å². The molecule has 5 rings (SSSR count). The van der Waals surface area contributed by atoms with E-state index in [4.69, 9.17) is 9.47 Å². The summed E-state index contributed by atoms with van der Waals surface area (Å²) < 4.78 is 26.9. The molecule has 1 N–H and O–H groups in total. The van der Waals surface area contributed by atoms with E-state index in [1.165, 1.54) is 13.3 Å². The molecule has 0 saturated heterocycles. The number of fused-ring (bicyclic) bond motifs is 1. The summed E-state index contributed by atoms with van der Waals surface area (Å²) in [5.74, 6) is 0.0653. The molecule has 7 heteroatoms. The van der Waals surface area contributed by atoms with Gasteiger partial charge in [0.15, 0.2) is 0 Å². The number of aromatic nitrogens is 1. The molecule has 40 heavy (non-hydrogen) atoms. The molecule has 2 heterocycles. The summed E-state index contributed by atoms with van der Waals surface area (Å²) in [7, 11) is 1.53. The molecule has 2 aromatic carbocycles. The van der Waals surface area contributed by atoms with Crippen LogP contribution in [0.5, 0.6) is 11.6 Å². The van der Waals surface area contributed by atoms with Crippen LogP contribution in [0.1, 0.15) is 74.3 Å². The molecule has 1 aliphatic heterocycles. The molecule has 0 bridgehead atoms. The molecule has 1 fully saturated rings. The van der Waals surface area contributed by atoms with Crippen LogP contribution in [0.25, 0.3) is 11.1 Å². The van der Waals surface area contributed by atoms with Gasteiger partial charge in [0, 0.05) is 18.2 Å². The molecule has 212 valence electrons. The Bertz CT molecular complexity index is 1370. The van der Waals surface area contributed by atoms with Crippen molar-refractivity contribution in [1.29, 1.82) is 0 Å². The second kappa shape index (κ2) is 12.0. The fourth-order valence-corrected chi connectivity index (χ4v) is 6.04. The van der Waals surface area contributed by atoms with Gasteiger partial charge in [0.05, 0.1) is 19.2 Å². The number of hydrogen-bond acceptors (Lipinski definition) is 5. The van der Waals surface area contributed by atoms with Gasteiger partial charge in [-0.25, -0.2) is 9.37 Å². The molecule has 1 aliphatic carbocycles. The largest absolute Gasteiger partial charge is 0.485 e. The van der Waals surface area contributed by atoms with E-state index in [9.17, 15) is 14.3 Å². The third kappa shape index (κ3) is 5.85. The van der Waals surface area contributed by atoms with Crippen molar-refractivity contribution >= 4 is 5.97 Å². The van der Waals surface area contributed by atoms with Crippen LogP contribution in [0.15, 0.2) is 48.7 Å². The second-order valence-electron chi connectivity index (χ2n) is 11.1. The van der Waals surface area contributed by atoms with E-state index >= 15 is 0 Å². The van der Waals surface area contributed by atoms with E-state index in [-0.39, 0.29) is 17.8 Å². The highest BCUT2D eigenvalue weighted by Crippen LogP contribution is 2.48. The van der Waals surface area contributed by atoms with E-state index in [2.05, 4.69) is 48.0 Å². The van der Waals surface area contributed by atoms with E-state index in [0.29, 0.717) is 23.9 Å². The van der Waals surface area contributed by atoms with E-state index in [1.807, 2.05) is 19.1 Å². The van der Waals surface area contributed by atoms with Gasteiger partial charge < -0.3 is 14.6 Å². The van der Waals surface area contributed by atoms with Gasteiger partial charge in [-0.1, -0.05) is 51.1 Å². The fourth-order valence-electron chi connectivity index (χ4n) is 6.04. The minimum Gasteiger partial charge on any atom is -0.485 e. The predicted octanol–water partition coefficient (Wildman–Crippen LogP) is 7.02. The summed E-state index contributed by atoms with van der Waals surface area (Å²) >= 11 is 0. The molecule has 0 radical (unpaired) electrons. The zero-order chi connectivity index (χ0) is 28.4. The fraction of sp³-hybridized carbons (Fsp3) is 0.455. The van der Waals surface area contributed by atoms with Crippen molar-refractivity contribution in [2.24, 2.45) is 11.8 Å². The molecule has 0 amide bonds. The number of nitrogens with zero attached hydrogens (tertiary/aromatic N) is 2. The Morgan fingerprint density at radius 3 is 2.58 bits per heavy atom. The lowest BCUT2D eigenvalue weighted by molar-refractivity contribution is -0.142. The molecule has 0 spiro atoms. The molecule has 1 aromatic heterocycles. The van der Waals surface area contributed by atoms with Crippen LogP contribution in [-0.4, -0.2) is 41.2 Å². The summed E-state index contributed by atoms with van der Waals surface area (Å²) in [6.45, 7) is 8.52. The maximum Gasteiger partial charge on any atom is 0.306 e. The first-order chi connectivity index (χ1) is 19.3. The minimum absolute atomic E-state index is 0.000941. The maximum absolute atomic E-state index is 15.0. The second-order valence-corrected chi connectivity index (χ2v) is 11.1. The number of carboxylic acids is 1. The first kappa shape index (κ1) is 28.1. The number of methoxy groups -OCH3 is 1. The van der Waals surface area contributed by atoms with Crippen molar-refractivity contribution in [1.82, 2.24) is 9.88 Å². The molecular formula is C33H39FN2O4. The van der Waals surface area contributed by atoms with Crippen molar-refractivity contribution in [3.05, 3.63) is 76.7 Å². The quantitative estimate of drug-likeness (QED) is 0.279. The Kier molecular flexibility index (Phi) is 8.40. The van der Waals surface area contributed by atoms with E-state index < -0.39 is 11.9 Å². The number of carbonyl (C=O) groups is 1. The number of rotatable bonds is 11. The Balaban J connectivity index is 1.47. The van der Waals surface area contributed by atoms with Gasteiger partial charge in [0.2, 0.25) is 5.88 Å². The Labute approximate surface area is 236 Å². The molecule has 1 unspecified atom stereocenters. The summed E-state index contributed by atoms with van der Waals surface area (Å²) in [6.07, 6.45) is 4.95. The third-order valence-corrected chi connectivity index (χ3v) is 8.60. The van der Waals surface area contributed by atoms with Crippen LogP contribution in [0, 0.1) is 17.7 Å². The average molecular weight is 547 g/mol. The number of pyridine rings is 1. The topological polar surface area (TPSA) is 71.9 Å². The van der Waals surface area contributed by atoms with Gasteiger partial charge in [-0.2, -0.15) is 0 Å². The number of ether oxygens (including phenoxy) is 2. The molecular weight excluding hydrogens is 507 g/mol. The predicted molar refractivity (Wildman–Crippen MR) is 153 cm³/mol. The van der Waals surface area contributed by atoms with Gasteiger partial charge in [-0.3, -0.25) is 9.69 Å². The highest BCUT2D eigenvalue weighted by atomic mass is 19.1. The van der Waals surface area contributed by atoms with Crippen LogP contribution in [0.2, 0.25) is 0 Å². The molecule has 2 aliphatic rings. The summed E-state index contributed by atoms with van der Waals surface area (Å²) in [4.78, 5) is 18.2. The Morgan fingerprint density at radius 2 is 1.90 bits per heavy atom. The van der Waals surface area contributed by atoms with Crippen LogP contribution < -0.4 is 9.47 Å². The van der Waals surface area contributed by atoms with Gasteiger partial charge >= 0.3 is 5.97 Å². The van der Waals surface area contributed by atoms with Crippen LogP contribution >= 0.6 is 0 Å². The lowest BCUT2D eigenvalue weighted by Gasteiger charge is -2.29. The lowest BCUT2D eigenvalue weighted by atomic mass is 9.82. The Hall–Kier alpha value is -3.45. The van der Waals surface area contributed by atoms with Crippen LogP contribution in [0.4, 0.5) is 4.39 Å². The minimum atomic E-state index is -0.752. The van der Waals surface area contributed by atoms with Crippen molar-refractivity contribution in [2.45, 2.75) is 65.0 Å². The summed E-state index contributed by atoms with van der Waals surface area (Å²) in [5.41, 5.74) is 5.59. The number of hydrogen-bond donors (Lipinski definition) is 1. The van der Waals surface area contributed by atoms with Gasteiger partial charge in [-0.15, -0.1) is 0 Å². The first-order valence-electron chi connectivity index (χ1n) is 14.4. The number of benzene rings is 2. The lowest BCUT2D eigenvalue weighted by Crippen LogP contribution is -2.23. The standard InChI is InChI=1S/C33H39FN2O4/c1-5-36(6-2)19-25-15-23(11-13-26(25)27-17-31(39-4)35-18-28(27)34)29-14-12-21-7-10-24(16-30(21)40-29)32(22-8-9-22)20(3)33(37)38/h7,10-11,13,15-18,20,22,29,32H,5-6,8-9,12,14,19H2,1-4H3,(H,37,38)/t20-,29+,32?/m0/s1. The number of carboxylic acid groups (broad SMARTS) is 1. The zero-order valence-corrected chi connectivity index (χ0v) is 23.8. The van der Waals surface area contributed by atoms with Crippen LogP contribution in [0.3, 0.4) is 0 Å². The van der Waals surface area contributed by atoms with Gasteiger partial charge in [0.1, 0.15) is 17.7 Å². The highest BCUT2D eigenvalue weighted by Gasteiger charge is 2.39. The average Bonchev–Trinajstić information content (AvgIpc) is 3.81. The van der Waals surface area contributed by atoms with E-state index in [1.54, 1.807) is 6.07 Å². The summed E-state index contributed by atoms with van der Waals surface area (Å²) in [6, 6.07) is 14.1. The first-order valence-corrected chi connectivity index (χ1v) is 14.4. The zero-order valence-electron chi connectivity index (χ0n) is 23.8. The molecule has 6 nitrogen and oxygen atoms in total. The maximum atomic E-state index is 15.0. The third-order valence-electron chi connectivity index (χ3n) is 8.60. The van der Waals surface area contributed by atoms with Crippen molar-refractivity contribution in [3.63, 3.8) is 0 Å². The number of halogens is 1. The number of aliphatic carboxylic acids is 1. The Morgan fingerprint density at radius 1 is 1.12 bits per heavy atom. The normalized spacial score (nSPS) is 18.1. The van der Waals surface area contributed by atoms with Gasteiger partial charge in [0.25, 0.3) is 0 Å². The smallest absolute Gasteiger partial charge is 0.306 e. The molecule has 3 atom stereocenters. The monoisotopic (exact) mass is 546 g/mol. The van der Waals surface area contributed by atoms with Crippen LogP contribution in [-0.2, 0) is 17.8 Å².